The quantitative estimate of drug-likeness (QED) is 0.204. The first-order valence-electron chi connectivity index (χ1n) is 9.03. The average Bonchev–Trinajstić information content (AvgIpc) is 2.74. The number of rotatable bonds is 8. The van der Waals surface area contributed by atoms with Gasteiger partial charge in [-0.3, -0.25) is 19.7 Å². The number of carbonyl (C=O) groups is 2. The van der Waals surface area contributed by atoms with Crippen LogP contribution in [0.5, 0.6) is 0 Å². The van der Waals surface area contributed by atoms with Gasteiger partial charge in [-0.2, -0.15) is 0 Å². The van der Waals surface area contributed by atoms with Gasteiger partial charge in [-0.25, -0.2) is 0 Å². The Bertz CT molecular complexity index is 970. The summed E-state index contributed by atoms with van der Waals surface area (Å²) in [5.74, 6) is -2.99. The highest BCUT2D eigenvalue weighted by Gasteiger charge is 2.40. The fourth-order valence-corrected chi connectivity index (χ4v) is 3.95. The minimum atomic E-state index is -1.22. The summed E-state index contributed by atoms with van der Waals surface area (Å²) in [6.07, 6.45) is 0. The predicted molar refractivity (Wildman–Crippen MR) is 114 cm³/mol. The highest BCUT2D eigenvalue weighted by molar-refractivity contribution is 9.10. The Kier molecular flexibility index (Phi) is 6.67. The average molecular weight is 452 g/mol. The van der Waals surface area contributed by atoms with Gasteiger partial charge in [0, 0.05) is 20.5 Å². The van der Waals surface area contributed by atoms with Crippen LogP contribution in [0.4, 0.5) is 0 Å². The maximum absolute atomic E-state index is 13.4. The topological polar surface area (TPSA) is 77.3 Å². The summed E-state index contributed by atoms with van der Waals surface area (Å²) in [6.45, 7) is -0.537. The molecular formula is C23H18BrNO4. The summed E-state index contributed by atoms with van der Waals surface area (Å²) < 4.78 is 0.624. The third-order valence-electron chi connectivity index (χ3n) is 4.73. The fourth-order valence-electron chi connectivity index (χ4n) is 3.37. The van der Waals surface area contributed by atoms with Crippen LogP contribution in [0.15, 0.2) is 89.4 Å². The summed E-state index contributed by atoms with van der Waals surface area (Å²) >= 11 is 3.42. The molecule has 0 saturated carbocycles. The molecule has 0 radical (unpaired) electrons. The van der Waals surface area contributed by atoms with Crippen LogP contribution in [0, 0.1) is 16.0 Å². The van der Waals surface area contributed by atoms with Crippen molar-refractivity contribution >= 4 is 27.5 Å². The van der Waals surface area contributed by atoms with E-state index in [9.17, 15) is 19.7 Å². The molecule has 0 aromatic heterocycles. The summed E-state index contributed by atoms with van der Waals surface area (Å²) in [5.41, 5.74) is 1.26. The van der Waals surface area contributed by atoms with Crippen LogP contribution in [-0.2, 0) is 0 Å². The van der Waals surface area contributed by atoms with Crippen LogP contribution in [0.25, 0.3) is 0 Å². The zero-order chi connectivity index (χ0) is 20.8. The van der Waals surface area contributed by atoms with E-state index in [0.29, 0.717) is 21.2 Å². The number of hydrogen-bond acceptors (Lipinski definition) is 4. The predicted octanol–water partition coefficient (Wildman–Crippen LogP) is 5.19. The second-order valence-corrected chi connectivity index (χ2v) is 7.44. The van der Waals surface area contributed by atoms with Crippen molar-refractivity contribution in [1.29, 1.82) is 0 Å². The molecule has 3 aromatic rings. The van der Waals surface area contributed by atoms with Gasteiger partial charge in [0.15, 0.2) is 11.6 Å². The number of Topliss-reactive ketones (excluding diaryl/α,β-unsaturated/α-hetero) is 2. The molecule has 29 heavy (non-hydrogen) atoms. The van der Waals surface area contributed by atoms with Crippen molar-refractivity contribution < 1.29 is 14.5 Å². The van der Waals surface area contributed by atoms with Crippen LogP contribution in [0.3, 0.4) is 0 Å². The molecular weight excluding hydrogens is 434 g/mol. The van der Waals surface area contributed by atoms with Gasteiger partial charge in [-0.15, -0.1) is 0 Å². The van der Waals surface area contributed by atoms with E-state index < -0.39 is 34.9 Å². The van der Waals surface area contributed by atoms with Gasteiger partial charge in [0.1, 0.15) is 0 Å². The van der Waals surface area contributed by atoms with Crippen molar-refractivity contribution in [3.05, 3.63) is 116 Å². The van der Waals surface area contributed by atoms with E-state index in [1.807, 2.05) is 0 Å². The van der Waals surface area contributed by atoms with E-state index in [1.54, 1.807) is 84.9 Å². The van der Waals surface area contributed by atoms with Gasteiger partial charge in [0.05, 0.1) is 11.8 Å². The molecule has 0 unspecified atom stereocenters. The second kappa shape index (κ2) is 9.39. The van der Waals surface area contributed by atoms with E-state index in [2.05, 4.69) is 15.9 Å². The molecule has 146 valence electrons. The van der Waals surface area contributed by atoms with E-state index in [4.69, 9.17) is 0 Å². The molecule has 0 spiro atoms. The van der Waals surface area contributed by atoms with Crippen LogP contribution in [-0.4, -0.2) is 23.0 Å². The van der Waals surface area contributed by atoms with Gasteiger partial charge >= 0.3 is 0 Å². The van der Waals surface area contributed by atoms with Crippen LogP contribution >= 0.6 is 15.9 Å². The number of hydrogen-bond donors (Lipinski definition) is 0. The van der Waals surface area contributed by atoms with E-state index in [-0.39, 0.29) is 0 Å². The Morgan fingerprint density at radius 3 is 1.69 bits per heavy atom. The van der Waals surface area contributed by atoms with Gasteiger partial charge in [-0.05, 0) is 11.6 Å². The molecule has 0 fully saturated rings. The monoisotopic (exact) mass is 451 g/mol. The third kappa shape index (κ3) is 4.84. The number of benzene rings is 3. The largest absolute Gasteiger partial charge is 0.293 e. The maximum atomic E-state index is 13.4. The highest BCUT2D eigenvalue weighted by Crippen LogP contribution is 2.35. The summed E-state index contributed by atoms with van der Waals surface area (Å²) in [4.78, 5) is 37.8. The number of ketones is 2. The molecule has 5 nitrogen and oxygen atoms in total. The van der Waals surface area contributed by atoms with Crippen molar-refractivity contribution in [3.8, 4) is 0 Å². The maximum Gasteiger partial charge on any atom is 0.211 e. The Hall–Kier alpha value is -3.12. The van der Waals surface area contributed by atoms with Crippen LogP contribution < -0.4 is 0 Å². The standard InChI is InChI=1S/C23H18BrNO4/c24-20-14-8-7-13-18(20)19(15-25(28)29)21(22(26)16-9-3-1-4-10-16)23(27)17-11-5-2-6-12-17/h1-14,19,21H,15H2/t19-/m0/s1. The molecule has 0 amide bonds. The number of halogens is 1. The van der Waals surface area contributed by atoms with Gasteiger partial charge in [-0.1, -0.05) is 94.8 Å². The van der Waals surface area contributed by atoms with Crippen molar-refractivity contribution in [3.63, 3.8) is 0 Å². The normalized spacial score (nSPS) is 11.8. The third-order valence-corrected chi connectivity index (χ3v) is 5.46. The molecule has 0 aliphatic carbocycles. The Morgan fingerprint density at radius 1 is 0.793 bits per heavy atom. The SMILES string of the molecule is O=C(c1ccccc1)C(C(=O)c1ccccc1)[C@@H](C[N+](=O)[O-])c1ccccc1Br. The molecule has 0 aliphatic heterocycles. The van der Waals surface area contributed by atoms with Gasteiger partial charge in [0.2, 0.25) is 6.54 Å². The molecule has 0 bridgehead atoms. The zero-order valence-electron chi connectivity index (χ0n) is 15.4. The number of nitro groups is 1. The Balaban J connectivity index is 2.15. The number of carbonyl (C=O) groups excluding carboxylic acids is 2. The Labute approximate surface area is 176 Å². The smallest absolute Gasteiger partial charge is 0.211 e. The Morgan fingerprint density at radius 2 is 1.24 bits per heavy atom. The molecule has 0 aliphatic rings. The zero-order valence-corrected chi connectivity index (χ0v) is 17.0. The second-order valence-electron chi connectivity index (χ2n) is 6.58. The van der Waals surface area contributed by atoms with Gasteiger partial charge in [0.25, 0.3) is 0 Å². The van der Waals surface area contributed by atoms with Crippen LogP contribution in [0.2, 0.25) is 0 Å². The summed E-state index contributed by atoms with van der Waals surface area (Å²) in [5, 5.41) is 11.5. The van der Waals surface area contributed by atoms with Crippen molar-refractivity contribution in [2.24, 2.45) is 5.92 Å². The van der Waals surface area contributed by atoms with Gasteiger partial charge < -0.3 is 0 Å². The molecule has 6 heteroatoms. The molecule has 3 aromatic carbocycles. The molecule has 3 rings (SSSR count). The lowest BCUT2D eigenvalue weighted by Crippen LogP contribution is -2.34. The van der Waals surface area contributed by atoms with E-state index >= 15 is 0 Å². The van der Waals surface area contributed by atoms with E-state index in [1.165, 1.54) is 0 Å². The van der Waals surface area contributed by atoms with Crippen LogP contribution in [0.1, 0.15) is 32.2 Å². The molecule has 0 heterocycles. The first kappa shape index (κ1) is 20.6. The summed E-state index contributed by atoms with van der Waals surface area (Å²) in [7, 11) is 0. The van der Waals surface area contributed by atoms with Crippen molar-refractivity contribution in [2.75, 3.05) is 6.54 Å². The first-order valence-corrected chi connectivity index (χ1v) is 9.83. The molecule has 1 atom stereocenters. The molecule has 0 N–H and O–H groups in total. The van der Waals surface area contributed by atoms with Crippen molar-refractivity contribution in [1.82, 2.24) is 0 Å². The minimum Gasteiger partial charge on any atom is -0.293 e. The lowest BCUT2D eigenvalue weighted by atomic mass is 9.77. The summed E-state index contributed by atoms with van der Waals surface area (Å²) in [6, 6.07) is 23.8. The van der Waals surface area contributed by atoms with Crippen molar-refractivity contribution in [2.45, 2.75) is 5.92 Å². The first-order chi connectivity index (χ1) is 14.0. The fraction of sp³-hybridized carbons (Fsp3) is 0.130. The van der Waals surface area contributed by atoms with E-state index in [0.717, 1.165) is 0 Å². The lowest BCUT2D eigenvalue weighted by molar-refractivity contribution is -0.484. The highest BCUT2D eigenvalue weighted by atomic mass is 79.9. The molecule has 0 saturated heterocycles. The lowest BCUT2D eigenvalue weighted by Gasteiger charge is -2.24. The minimum absolute atomic E-state index is 0.349. The number of nitrogens with zero attached hydrogens (tertiary/aromatic N) is 1.